The van der Waals surface area contributed by atoms with E-state index in [9.17, 15) is 13.6 Å². The highest BCUT2D eigenvalue weighted by Gasteiger charge is 2.24. The Morgan fingerprint density at radius 3 is 2.29 bits per heavy atom. The number of amides is 1. The maximum Gasteiger partial charge on any atom is 0.256 e. The molecule has 1 fully saturated rings. The summed E-state index contributed by atoms with van der Waals surface area (Å²) in [6, 6.07) is 9.39. The average Bonchev–Trinajstić information content (AvgIpc) is 2.54. The number of hydrogen-bond acceptors (Lipinski definition) is 2. The SMILES string of the molecule is Cc1ccc(N2CCN(C(=O)c3ccc(F)cc3F)CC2)c(C)c1. The van der Waals surface area contributed by atoms with Gasteiger partial charge in [-0.3, -0.25) is 4.79 Å². The molecule has 1 heterocycles. The monoisotopic (exact) mass is 330 g/mol. The highest BCUT2D eigenvalue weighted by molar-refractivity contribution is 5.94. The fraction of sp³-hybridized carbons (Fsp3) is 0.316. The van der Waals surface area contributed by atoms with Crippen LogP contribution in [0.5, 0.6) is 0 Å². The van der Waals surface area contributed by atoms with Crippen LogP contribution in [-0.2, 0) is 0 Å². The highest BCUT2D eigenvalue weighted by Crippen LogP contribution is 2.23. The number of rotatable bonds is 2. The van der Waals surface area contributed by atoms with E-state index >= 15 is 0 Å². The van der Waals surface area contributed by atoms with E-state index < -0.39 is 11.6 Å². The molecule has 1 amide bonds. The minimum atomic E-state index is -0.809. The predicted molar refractivity (Wildman–Crippen MR) is 90.4 cm³/mol. The van der Waals surface area contributed by atoms with E-state index in [1.54, 1.807) is 4.90 Å². The lowest BCUT2D eigenvalue weighted by Gasteiger charge is -2.37. The van der Waals surface area contributed by atoms with E-state index in [-0.39, 0.29) is 11.5 Å². The van der Waals surface area contributed by atoms with Crippen molar-refractivity contribution in [1.29, 1.82) is 0 Å². The zero-order chi connectivity index (χ0) is 17.3. The summed E-state index contributed by atoms with van der Waals surface area (Å²) in [4.78, 5) is 16.3. The molecule has 0 unspecified atom stereocenters. The summed E-state index contributed by atoms with van der Waals surface area (Å²) in [5.41, 5.74) is 3.52. The molecule has 0 spiro atoms. The van der Waals surface area contributed by atoms with Crippen molar-refractivity contribution >= 4 is 11.6 Å². The van der Waals surface area contributed by atoms with E-state index in [1.807, 2.05) is 0 Å². The van der Waals surface area contributed by atoms with Crippen LogP contribution in [0, 0.1) is 25.5 Å². The Bertz CT molecular complexity index is 768. The van der Waals surface area contributed by atoms with E-state index in [1.165, 1.54) is 22.9 Å². The standard InChI is InChI=1S/C19H20F2N2O/c1-13-3-6-18(14(2)11-13)22-7-9-23(10-8-22)19(24)16-5-4-15(20)12-17(16)21/h3-6,11-12H,7-10H2,1-2H3. The summed E-state index contributed by atoms with van der Waals surface area (Å²) < 4.78 is 26.8. The third-order valence-electron chi connectivity index (χ3n) is 4.42. The largest absolute Gasteiger partial charge is 0.368 e. The molecular weight excluding hydrogens is 310 g/mol. The first-order valence-corrected chi connectivity index (χ1v) is 8.02. The molecule has 0 N–H and O–H groups in total. The Morgan fingerprint density at radius 2 is 1.67 bits per heavy atom. The normalized spacial score (nSPS) is 14.8. The van der Waals surface area contributed by atoms with Crippen LogP contribution in [0.4, 0.5) is 14.5 Å². The van der Waals surface area contributed by atoms with Crippen molar-refractivity contribution in [1.82, 2.24) is 4.90 Å². The van der Waals surface area contributed by atoms with Gasteiger partial charge in [0.2, 0.25) is 0 Å². The Balaban J connectivity index is 1.69. The van der Waals surface area contributed by atoms with Crippen LogP contribution < -0.4 is 4.90 Å². The van der Waals surface area contributed by atoms with Gasteiger partial charge >= 0.3 is 0 Å². The van der Waals surface area contributed by atoms with E-state index in [0.717, 1.165) is 12.1 Å². The lowest BCUT2D eigenvalue weighted by Crippen LogP contribution is -2.49. The van der Waals surface area contributed by atoms with Crippen molar-refractivity contribution in [2.75, 3.05) is 31.1 Å². The molecular formula is C19H20F2N2O. The molecule has 1 saturated heterocycles. The topological polar surface area (TPSA) is 23.6 Å². The second-order valence-corrected chi connectivity index (χ2v) is 6.19. The smallest absolute Gasteiger partial charge is 0.256 e. The van der Waals surface area contributed by atoms with Crippen LogP contribution in [0.2, 0.25) is 0 Å². The van der Waals surface area contributed by atoms with Gasteiger partial charge in [-0.1, -0.05) is 17.7 Å². The van der Waals surface area contributed by atoms with Crippen molar-refractivity contribution in [3.05, 3.63) is 64.7 Å². The van der Waals surface area contributed by atoms with E-state index in [2.05, 4.69) is 36.9 Å². The first-order chi connectivity index (χ1) is 11.5. The fourth-order valence-corrected chi connectivity index (χ4v) is 3.14. The zero-order valence-corrected chi connectivity index (χ0v) is 13.9. The molecule has 1 aliphatic heterocycles. The minimum absolute atomic E-state index is 0.0728. The van der Waals surface area contributed by atoms with Gasteiger partial charge in [-0.05, 0) is 37.6 Å². The summed E-state index contributed by atoms with van der Waals surface area (Å²) in [5, 5.41) is 0. The maximum absolute atomic E-state index is 13.8. The van der Waals surface area contributed by atoms with Crippen LogP contribution >= 0.6 is 0 Å². The molecule has 0 atom stereocenters. The summed E-state index contributed by atoms with van der Waals surface area (Å²) in [6.07, 6.45) is 0. The van der Waals surface area contributed by atoms with Gasteiger partial charge in [0.25, 0.3) is 5.91 Å². The summed E-state index contributed by atoms with van der Waals surface area (Å²) in [5.74, 6) is -1.87. The molecule has 2 aromatic carbocycles. The molecule has 0 bridgehead atoms. The molecule has 0 aliphatic carbocycles. The van der Waals surface area contributed by atoms with Crippen LogP contribution in [0.15, 0.2) is 36.4 Å². The van der Waals surface area contributed by atoms with Gasteiger partial charge in [-0.25, -0.2) is 8.78 Å². The van der Waals surface area contributed by atoms with E-state index in [0.29, 0.717) is 26.2 Å². The second kappa shape index (κ2) is 6.59. The average molecular weight is 330 g/mol. The lowest BCUT2D eigenvalue weighted by atomic mass is 10.1. The molecule has 0 saturated carbocycles. The second-order valence-electron chi connectivity index (χ2n) is 6.19. The fourth-order valence-electron chi connectivity index (χ4n) is 3.14. The Kier molecular flexibility index (Phi) is 4.51. The minimum Gasteiger partial charge on any atom is -0.368 e. The van der Waals surface area contributed by atoms with Crippen molar-refractivity contribution in [3.8, 4) is 0 Å². The first-order valence-electron chi connectivity index (χ1n) is 8.02. The number of carbonyl (C=O) groups is 1. The van der Waals surface area contributed by atoms with E-state index in [4.69, 9.17) is 0 Å². The first kappa shape index (κ1) is 16.4. The molecule has 3 rings (SSSR count). The summed E-state index contributed by atoms with van der Waals surface area (Å²) in [6.45, 7) is 6.56. The number of aryl methyl sites for hydroxylation is 2. The number of halogens is 2. The van der Waals surface area contributed by atoms with Crippen molar-refractivity contribution < 1.29 is 13.6 Å². The molecule has 126 valence electrons. The highest BCUT2D eigenvalue weighted by atomic mass is 19.1. The molecule has 0 radical (unpaired) electrons. The number of hydrogen-bond donors (Lipinski definition) is 0. The Hall–Kier alpha value is -2.43. The number of anilines is 1. The van der Waals surface area contributed by atoms with Gasteiger partial charge in [0.15, 0.2) is 0 Å². The molecule has 24 heavy (non-hydrogen) atoms. The number of nitrogens with zero attached hydrogens (tertiary/aromatic N) is 2. The number of carbonyl (C=O) groups excluding carboxylic acids is 1. The molecule has 0 aromatic heterocycles. The third kappa shape index (κ3) is 3.25. The molecule has 5 heteroatoms. The van der Waals surface area contributed by atoms with Gasteiger partial charge in [-0.15, -0.1) is 0 Å². The Morgan fingerprint density at radius 1 is 0.958 bits per heavy atom. The maximum atomic E-state index is 13.8. The predicted octanol–water partition coefficient (Wildman–Crippen LogP) is 3.54. The van der Waals surface area contributed by atoms with Crippen LogP contribution in [0.25, 0.3) is 0 Å². The lowest BCUT2D eigenvalue weighted by molar-refractivity contribution is 0.0742. The van der Waals surface area contributed by atoms with Crippen molar-refractivity contribution in [3.63, 3.8) is 0 Å². The van der Waals surface area contributed by atoms with Crippen LogP contribution in [0.3, 0.4) is 0 Å². The van der Waals surface area contributed by atoms with Crippen molar-refractivity contribution in [2.45, 2.75) is 13.8 Å². The molecule has 2 aromatic rings. The number of benzene rings is 2. The van der Waals surface area contributed by atoms with Gasteiger partial charge in [0.1, 0.15) is 11.6 Å². The van der Waals surface area contributed by atoms with Crippen molar-refractivity contribution in [2.24, 2.45) is 0 Å². The summed E-state index contributed by atoms with van der Waals surface area (Å²) >= 11 is 0. The van der Waals surface area contributed by atoms with Crippen LogP contribution in [0.1, 0.15) is 21.5 Å². The molecule has 1 aliphatic rings. The number of piperazine rings is 1. The van der Waals surface area contributed by atoms with Gasteiger partial charge in [0.05, 0.1) is 5.56 Å². The van der Waals surface area contributed by atoms with Gasteiger partial charge < -0.3 is 9.80 Å². The zero-order valence-electron chi connectivity index (χ0n) is 13.9. The molecule has 3 nitrogen and oxygen atoms in total. The summed E-state index contributed by atoms with van der Waals surface area (Å²) in [7, 11) is 0. The van der Waals surface area contributed by atoms with Gasteiger partial charge in [-0.2, -0.15) is 0 Å². The van der Waals surface area contributed by atoms with Crippen LogP contribution in [-0.4, -0.2) is 37.0 Å². The quantitative estimate of drug-likeness (QED) is 0.841. The van der Waals surface area contributed by atoms with Gasteiger partial charge in [0, 0.05) is 37.9 Å². The third-order valence-corrected chi connectivity index (χ3v) is 4.42. The Labute approximate surface area is 140 Å².